The van der Waals surface area contributed by atoms with Crippen LogP contribution in [-0.4, -0.2) is 62.7 Å². The third kappa shape index (κ3) is 6.33. The number of carbonyl (C=O) groups excluding carboxylic acids is 2. The third-order valence-corrected chi connectivity index (χ3v) is 7.80. The molecule has 0 atom stereocenters. The minimum atomic E-state index is -3.62. The first kappa shape index (κ1) is 24.7. The highest BCUT2D eigenvalue weighted by molar-refractivity contribution is 7.89. The molecule has 0 unspecified atom stereocenters. The zero-order valence-corrected chi connectivity index (χ0v) is 19.9. The lowest BCUT2D eigenvalue weighted by Crippen LogP contribution is -2.45. The Morgan fingerprint density at radius 1 is 1.06 bits per heavy atom. The standard InChI is InChI=1S/C24H31N3O5S/c1-3-26(18-19-7-5-4-6-8-19)23(28)17-25-24(29)20-13-15-27(16-14-20)33(30,31)22-11-9-21(32-2)10-12-22/h4-12,20H,3,13-18H2,1-2H3,(H,25,29). The fraction of sp³-hybridized carbons (Fsp3) is 0.417. The lowest BCUT2D eigenvalue weighted by Gasteiger charge is -2.30. The Bertz CT molecular complexity index is 1030. The Morgan fingerprint density at radius 2 is 1.70 bits per heavy atom. The Labute approximate surface area is 195 Å². The van der Waals surface area contributed by atoms with Crippen molar-refractivity contribution in [2.24, 2.45) is 5.92 Å². The van der Waals surface area contributed by atoms with E-state index in [0.717, 1.165) is 5.56 Å². The van der Waals surface area contributed by atoms with Gasteiger partial charge in [0.1, 0.15) is 5.75 Å². The topological polar surface area (TPSA) is 96.0 Å². The van der Waals surface area contributed by atoms with E-state index in [4.69, 9.17) is 4.74 Å². The van der Waals surface area contributed by atoms with E-state index in [1.54, 1.807) is 17.0 Å². The Balaban J connectivity index is 1.49. The summed E-state index contributed by atoms with van der Waals surface area (Å²) in [5, 5.41) is 2.74. The van der Waals surface area contributed by atoms with Gasteiger partial charge >= 0.3 is 0 Å². The van der Waals surface area contributed by atoms with Gasteiger partial charge in [-0.25, -0.2) is 8.42 Å². The molecular weight excluding hydrogens is 442 g/mol. The molecule has 0 saturated carbocycles. The van der Waals surface area contributed by atoms with E-state index in [-0.39, 0.29) is 42.3 Å². The van der Waals surface area contributed by atoms with Gasteiger partial charge in [0.05, 0.1) is 18.6 Å². The molecule has 8 nitrogen and oxygen atoms in total. The number of piperidine rings is 1. The summed E-state index contributed by atoms with van der Waals surface area (Å²) in [6.45, 7) is 3.40. The average Bonchev–Trinajstić information content (AvgIpc) is 2.86. The second-order valence-electron chi connectivity index (χ2n) is 7.97. The van der Waals surface area contributed by atoms with Crippen LogP contribution in [0.4, 0.5) is 0 Å². The van der Waals surface area contributed by atoms with Crippen molar-refractivity contribution in [3.63, 3.8) is 0 Å². The fourth-order valence-corrected chi connectivity index (χ4v) is 5.32. The quantitative estimate of drug-likeness (QED) is 0.603. The molecule has 178 valence electrons. The number of hydrogen-bond donors (Lipinski definition) is 1. The molecule has 0 bridgehead atoms. The fourth-order valence-electron chi connectivity index (χ4n) is 3.85. The minimum absolute atomic E-state index is 0.0656. The first-order chi connectivity index (χ1) is 15.8. The van der Waals surface area contributed by atoms with Gasteiger partial charge in [0.25, 0.3) is 0 Å². The molecule has 1 fully saturated rings. The van der Waals surface area contributed by atoms with E-state index in [1.807, 2.05) is 37.3 Å². The van der Waals surface area contributed by atoms with Crippen LogP contribution in [0.2, 0.25) is 0 Å². The van der Waals surface area contributed by atoms with E-state index in [0.29, 0.717) is 31.7 Å². The summed E-state index contributed by atoms with van der Waals surface area (Å²) in [5.74, 6) is -0.0802. The van der Waals surface area contributed by atoms with Crippen molar-refractivity contribution in [2.75, 3.05) is 33.3 Å². The number of rotatable bonds is 9. The number of likely N-dealkylation sites (N-methyl/N-ethyl adjacent to an activating group) is 1. The predicted octanol–water partition coefficient (Wildman–Crippen LogP) is 2.26. The summed E-state index contributed by atoms with van der Waals surface area (Å²) >= 11 is 0. The molecule has 1 N–H and O–H groups in total. The summed E-state index contributed by atoms with van der Waals surface area (Å²) in [5.41, 5.74) is 1.03. The zero-order valence-electron chi connectivity index (χ0n) is 19.1. The van der Waals surface area contributed by atoms with Crippen LogP contribution in [-0.2, 0) is 26.2 Å². The molecule has 0 spiro atoms. The van der Waals surface area contributed by atoms with Gasteiger partial charge in [-0.2, -0.15) is 4.31 Å². The van der Waals surface area contributed by atoms with Crippen LogP contribution in [0.15, 0.2) is 59.5 Å². The Kier molecular flexibility index (Phi) is 8.46. The van der Waals surface area contributed by atoms with E-state index in [9.17, 15) is 18.0 Å². The monoisotopic (exact) mass is 473 g/mol. The molecule has 1 aliphatic heterocycles. The summed E-state index contributed by atoms with van der Waals surface area (Å²) < 4.78 is 32.2. The van der Waals surface area contributed by atoms with Gasteiger partial charge in [-0.15, -0.1) is 0 Å². The number of nitrogens with zero attached hydrogens (tertiary/aromatic N) is 2. The number of methoxy groups -OCH3 is 1. The highest BCUT2D eigenvalue weighted by Crippen LogP contribution is 2.25. The van der Waals surface area contributed by atoms with Crippen LogP contribution in [0, 0.1) is 5.92 Å². The Hall–Kier alpha value is -2.91. The molecule has 9 heteroatoms. The van der Waals surface area contributed by atoms with Gasteiger partial charge in [0.15, 0.2) is 0 Å². The molecule has 2 aromatic carbocycles. The van der Waals surface area contributed by atoms with Gasteiger partial charge in [-0.1, -0.05) is 30.3 Å². The number of amides is 2. The van der Waals surface area contributed by atoms with Crippen LogP contribution in [0.3, 0.4) is 0 Å². The van der Waals surface area contributed by atoms with Crippen molar-refractivity contribution < 1.29 is 22.7 Å². The molecule has 2 aromatic rings. The zero-order chi connectivity index (χ0) is 23.8. The van der Waals surface area contributed by atoms with E-state index in [2.05, 4.69) is 5.32 Å². The maximum atomic E-state index is 12.9. The lowest BCUT2D eigenvalue weighted by molar-refractivity contribution is -0.134. The summed E-state index contributed by atoms with van der Waals surface area (Å²) in [4.78, 5) is 27.1. The van der Waals surface area contributed by atoms with Gasteiger partial charge < -0.3 is 15.0 Å². The van der Waals surface area contributed by atoms with Crippen LogP contribution in [0.1, 0.15) is 25.3 Å². The van der Waals surface area contributed by atoms with E-state index < -0.39 is 10.0 Å². The molecule has 0 aliphatic carbocycles. The first-order valence-corrected chi connectivity index (χ1v) is 12.5. The maximum absolute atomic E-state index is 12.9. The van der Waals surface area contributed by atoms with Crippen molar-refractivity contribution in [3.8, 4) is 5.75 Å². The van der Waals surface area contributed by atoms with E-state index >= 15 is 0 Å². The van der Waals surface area contributed by atoms with Crippen molar-refractivity contribution in [1.82, 2.24) is 14.5 Å². The van der Waals surface area contributed by atoms with E-state index in [1.165, 1.54) is 23.5 Å². The SMILES string of the molecule is CCN(Cc1ccccc1)C(=O)CNC(=O)C1CCN(S(=O)(=O)c2ccc(OC)cc2)CC1. The second kappa shape index (κ2) is 11.3. The molecule has 3 rings (SSSR count). The predicted molar refractivity (Wildman–Crippen MR) is 125 cm³/mol. The normalized spacial score (nSPS) is 15.1. The second-order valence-corrected chi connectivity index (χ2v) is 9.90. The molecule has 0 radical (unpaired) electrons. The smallest absolute Gasteiger partial charge is 0.243 e. The molecular formula is C24H31N3O5S. The molecule has 1 aliphatic rings. The van der Waals surface area contributed by atoms with Crippen LogP contribution in [0.5, 0.6) is 5.75 Å². The number of hydrogen-bond acceptors (Lipinski definition) is 5. The number of nitrogens with one attached hydrogen (secondary N) is 1. The van der Waals surface area contributed by atoms with Gasteiger partial charge in [-0.05, 0) is 49.6 Å². The third-order valence-electron chi connectivity index (χ3n) is 5.89. The van der Waals surface area contributed by atoms with Gasteiger partial charge in [-0.3, -0.25) is 9.59 Å². The van der Waals surface area contributed by atoms with Gasteiger partial charge in [0.2, 0.25) is 21.8 Å². The van der Waals surface area contributed by atoms with Crippen LogP contribution < -0.4 is 10.1 Å². The van der Waals surface area contributed by atoms with Gasteiger partial charge in [0, 0.05) is 32.1 Å². The number of benzene rings is 2. The van der Waals surface area contributed by atoms with Crippen molar-refractivity contribution in [1.29, 1.82) is 0 Å². The molecule has 33 heavy (non-hydrogen) atoms. The lowest BCUT2D eigenvalue weighted by atomic mass is 9.97. The molecule has 1 heterocycles. The largest absolute Gasteiger partial charge is 0.497 e. The van der Waals surface area contributed by atoms with Crippen LogP contribution >= 0.6 is 0 Å². The maximum Gasteiger partial charge on any atom is 0.243 e. The minimum Gasteiger partial charge on any atom is -0.497 e. The van der Waals surface area contributed by atoms with Crippen molar-refractivity contribution in [3.05, 3.63) is 60.2 Å². The molecule has 1 saturated heterocycles. The summed E-state index contributed by atoms with van der Waals surface area (Å²) in [6.07, 6.45) is 0.827. The molecule has 0 aromatic heterocycles. The highest BCUT2D eigenvalue weighted by atomic mass is 32.2. The highest BCUT2D eigenvalue weighted by Gasteiger charge is 2.32. The number of carbonyl (C=O) groups is 2. The first-order valence-electron chi connectivity index (χ1n) is 11.1. The number of ether oxygens (including phenoxy) is 1. The number of sulfonamides is 1. The van der Waals surface area contributed by atoms with Crippen molar-refractivity contribution >= 4 is 21.8 Å². The van der Waals surface area contributed by atoms with Crippen LogP contribution in [0.25, 0.3) is 0 Å². The molecule has 2 amide bonds. The summed E-state index contributed by atoms with van der Waals surface area (Å²) in [7, 11) is -2.10. The average molecular weight is 474 g/mol. The Morgan fingerprint density at radius 3 is 2.27 bits per heavy atom. The summed E-state index contributed by atoms with van der Waals surface area (Å²) in [6, 6.07) is 16.0. The van der Waals surface area contributed by atoms with Crippen molar-refractivity contribution in [2.45, 2.75) is 31.2 Å².